The van der Waals surface area contributed by atoms with Gasteiger partial charge in [0.1, 0.15) is 11.6 Å². The van der Waals surface area contributed by atoms with Crippen molar-refractivity contribution in [1.29, 1.82) is 0 Å². The first-order valence-corrected chi connectivity index (χ1v) is 8.72. The standard InChI is InChI=1S/C19H24FN3O2/c1-13(2)23-12-9-21-18(23)15-7-10-22(11-8-15)19(25)17(24)14-3-5-16(20)6-4-14/h3-6,9,12-13,15,17,24H,7-8,10-11H2,1-2H3. The third-order valence-corrected chi connectivity index (χ3v) is 4.85. The van der Waals surface area contributed by atoms with Gasteiger partial charge in [-0.1, -0.05) is 12.1 Å². The molecule has 5 nitrogen and oxygen atoms in total. The quantitative estimate of drug-likeness (QED) is 0.927. The predicted molar refractivity (Wildman–Crippen MR) is 92.5 cm³/mol. The van der Waals surface area contributed by atoms with Gasteiger partial charge in [-0.3, -0.25) is 4.79 Å². The van der Waals surface area contributed by atoms with Crippen LogP contribution in [0.2, 0.25) is 0 Å². The first-order chi connectivity index (χ1) is 12.0. The van der Waals surface area contributed by atoms with Gasteiger partial charge >= 0.3 is 0 Å². The molecule has 0 bridgehead atoms. The van der Waals surface area contributed by atoms with Crippen molar-refractivity contribution < 1.29 is 14.3 Å². The number of imidazole rings is 1. The van der Waals surface area contributed by atoms with Crippen LogP contribution in [-0.4, -0.2) is 38.6 Å². The van der Waals surface area contributed by atoms with Crippen LogP contribution in [0, 0.1) is 5.82 Å². The monoisotopic (exact) mass is 345 g/mol. The molecule has 0 saturated carbocycles. The highest BCUT2D eigenvalue weighted by atomic mass is 19.1. The summed E-state index contributed by atoms with van der Waals surface area (Å²) in [5, 5.41) is 10.3. The molecule has 2 aromatic rings. The fraction of sp³-hybridized carbons (Fsp3) is 0.474. The van der Waals surface area contributed by atoms with Crippen molar-refractivity contribution in [3.05, 3.63) is 53.9 Å². The van der Waals surface area contributed by atoms with Gasteiger partial charge in [-0.05, 0) is 44.4 Å². The highest BCUT2D eigenvalue weighted by Crippen LogP contribution is 2.29. The highest BCUT2D eigenvalue weighted by Gasteiger charge is 2.30. The van der Waals surface area contributed by atoms with Crippen LogP contribution in [0.15, 0.2) is 36.7 Å². The van der Waals surface area contributed by atoms with Gasteiger partial charge in [0.05, 0.1) is 0 Å². The van der Waals surface area contributed by atoms with Crippen LogP contribution in [0.3, 0.4) is 0 Å². The molecule has 1 N–H and O–H groups in total. The number of amides is 1. The Morgan fingerprint density at radius 2 is 1.88 bits per heavy atom. The summed E-state index contributed by atoms with van der Waals surface area (Å²) in [6, 6.07) is 5.76. The van der Waals surface area contributed by atoms with Crippen molar-refractivity contribution in [2.45, 2.75) is 44.8 Å². The molecule has 134 valence electrons. The van der Waals surface area contributed by atoms with E-state index in [0.717, 1.165) is 18.7 Å². The van der Waals surface area contributed by atoms with Crippen molar-refractivity contribution >= 4 is 5.91 Å². The molecule has 25 heavy (non-hydrogen) atoms. The zero-order valence-electron chi connectivity index (χ0n) is 14.6. The Balaban J connectivity index is 1.62. The van der Waals surface area contributed by atoms with Gasteiger partial charge in [0.25, 0.3) is 5.91 Å². The molecule has 3 rings (SSSR count). The number of carbonyl (C=O) groups excluding carboxylic acids is 1. The van der Waals surface area contributed by atoms with Gasteiger partial charge in [-0.25, -0.2) is 9.37 Å². The summed E-state index contributed by atoms with van der Waals surface area (Å²) < 4.78 is 15.2. The Labute approximate surface area is 147 Å². The first kappa shape index (κ1) is 17.6. The maximum Gasteiger partial charge on any atom is 0.256 e. The molecule has 6 heteroatoms. The summed E-state index contributed by atoms with van der Waals surface area (Å²) >= 11 is 0. The van der Waals surface area contributed by atoms with Crippen LogP contribution < -0.4 is 0 Å². The minimum atomic E-state index is -1.24. The van der Waals surface area contributed by atoms with E-state index >= 15 is 0 Å². The van der Waals surface area contributed by atoms with Crippen molar-refractivity contribution in [2.24, 2.45) is 0 Å². The molecule has 0 radical (unpaired) electrons. The average molecular weight is 345 g/mol. The average Bonchev–Trinajstić information content (AvgIpc) is 3.11. The summed E-state index contributed by atoms with van der Waals surface area (Å²) in [5.74, 6) is 0.688. The Morgan fingerprint density at radius 3 is 2.48 bits per heavy atom. The van der Waals surface area contributed by atoms with Crippen molar-refractivity contribution in [3.8, 4) is 0 Å². The fourth-order valence-electron chi connectivity index (χ4n) is 3.40. The van der Waals surface area contributed by atoms with Gasteiger partial charge in [-0.15, -0.1) is 0 Å². The molecule has 1 atom stereocenters. The second-order valence-electron chi connectivity index (χ2n) is 6.84. The minimum Gasteiger partial charge on any atom is -0.378 e. The lowest BCUT2D eigenvalue weighted by Gasteiger charge is -2.33. The lowest BCUT2D eigenvalue weighted by Crippen LogP contribution is -2.41. The lowest BCUT2D eigenvalue weighted by atomic mass is 9.95. The Bertz CT molecular complexity index is 719. The van der Waals surface area contributed by atoms with E-state index in [4.69, 9.17) is 0 Å². The number of aromatic nitrogens is 2. The van der Waals surface area contributed by atoms with E-state index < -0.39 is 6.10 Å². The number of carbonyl (C=O) groups is 1. The summed E-state index contributed by atoms with van der Waals surface area (Å²) in [4.78, 5) is 18.7. The third-order valence-electron chi connectivity index (χ3n) is 4.85. The van der Waals surface area contributed by atoms with Gasteiger partial charge < -0.3 is 14.6 Å². The van der Waals surface area contributed by atoms with Crippen LogP contribution in [0.25, 0.3) is 0 Å². The molecule has 2 heterocycles. The summed E-state index contributed by atoms with van der Waals surface area (Å²) in [5.41, 5.74) is 0.420. The molecule has 0 aliphatic carbocycles. The van der Waals surface area contributed by atoms with Crippen LogP contribution in [0.4, 0.5) is 4.39 Å². The zero-order valence-corrected chi connectivity index (χ0v) is 14.6. The van der Waals surface area contributed by atoms with Gasteiger partial charge in [0.15, 0.2) is 6.10 Å². The van der Waals surface area contributed by atoms with Crippen molar-refractivity contribution in [2.75, 3.05) is 13.1 Å². The molecule has 1 aliphatic rings. The molecule has 1 amide bonds. The smallest absolute Gasteiger partial charge is 0.256 e. The van der Waals surface area contributed by atoms with Gasteiger partial charge in [-0.2, -0.15) is 0 Å². The number of rotatable bonds is 4. The molecule has 1 aromatic heterocycles. The highest BCUT2D eigenvalue weighted by molar-refractivity contribution is 5.82. The van der Waals surface area contributed by atoms with E-state index in [9.17, 15) is 14.3 Å². The number of benzene rings is 1. The fourth-order valence-corrected chi connectivity index (χ4v) is 3.40. The van der Waals surface area contributed by atoms with Crippen LogP contribution in [-0.2, 0) is 4.79 Å². The zero-order chi connectivity index (χ0) is 18.0. The maximum absolute atomic E-state index is 13.0. The summed E-state index contributed by atoms with van der Waals surface area (Å²) in [7, 11) is 0. The maximum atomic E-state index is 13.0. The molecule has 1 unspecified atom stereocenters. The molecule has 1 fully saturated rings. The minimum absolute atomic E-state index is 0.322. The molecular weight excluding hydrogens is 321 g/mol. The number of nitrogens with zero attached hydrogens (tertiary/aromatic N) is 3. The van der Waals surface area contributed by atoms with E-state index in [1.54, 1.807) is 4.90 Å². The summed E-state index contributed by atoms with van der Waals surface area (Å²) in [6.45, 7) is 5.44. The van der Waals surface area contributed by atoms with Crippen LogP contribution >= 0.6 is 0 Å². The topological polar surface area (TPSA) is 58.4 Å². The normalized spacial score (nSPS) is 17.1. The lowest BCUT2D eigenvalue weighted by molar-refractivity contribution is -0.141. The number of hydrogen-bond acceptors (Lipinski definition) is 3. The Morgan fingerprint density at radius 1 is 1.24 bits per heavy atom. The summed E-state index contributed by atoms with van der Waals surface area (Å²) in [6.07, 6.45) is 4.23. The van der Waals surface area contributed by atoms with E-state index in [0.29, 0.717) is 30.6 Å². The number of halogens is 1. The van der Waals surface area contributed by atoms with E-state index in [-0.39, 0.29) is 11.7 Å². The molecule has 0 spiro atoms. The Hall–Kier alpha value is -2.21. The predicted octanol–water partition coefficient (Wildman–Crippen LogP) is 3.04. The van der Waals surface area contributed by atoms with Gasteiger partial charge in [0.2, 0.25) is 0 Å². The molecule has 1 saturated heterocycles. The van der Waals surface area contributed by atoms with Crippen molar-refractivity contribution in [3.63, 3.8) is 0 Å². The number of aliphatic hydroxyl groups is 1. The molecular formula is C19H24FN3O2. The SMILES string of the molecule is CC(C)n1ccnc1C1CCN(C(=O)C(O)c2ccc(F)cc2)CC1. The first-order valence-electron chi connectivity index (χ1n) is 8.72. The van der Waals surface area contributed by atoms with Crippen LogP contribution in [0.1, 0.15) is 56.1 Å². The number of likely N-dealkylation sites (tertiary alicyclic amines) is 1. The van der Waals surface area contributed by atoms with Crippen molar-refractivity contribution in [1.82, 2.24) is 14.5 Å². The van der Waals surface area contributed by atoms with E-state index in [2.05, 4.69) is 23.4 Å². The van der Waals surface area contributed by atoms with E-state index in [1.807, 2.05) is 12.4 Å². The van der Waals surface area contributed by atoms with Crippen LogP contribution in [0.5, 0.6) is 0 Å². The molecule has 1 aliphatic heterocycles. The largest absolute Gasteiger partial charge is 0.378 e. The van der Waals surface area contributed by atoms with E-state index in [1.165, 1.54) is 24.3 Å². The van der Waals surface area contributed by atoms with Gasteiger partial charge in [0, 0.05) is 37.4 Å². The Kier molecular flexibility index (Phi) is 5.18. The number of aliphatic hydroxyl groups excluding tert-OH is 1. The molecule has 1 aromatic carbocycles. The third kappa shape index (κ3) is 3.74. The second kappa shape index (κ2) is 7.35. The number of piperidine rings is 1. The second-order valence-corrected chi connectivity index (χ2v) is 6.84. The number of hydrogen-bond donors (Lipinski definition) is 1.